The van der Waals surface area contributed by atoms with E-state index in [1.807, 2.05) is 12.1 Å². The van der Waals surface area contributed by atoms with Gasteiger partial charge in [0.05, 0.1) is 14.2 Å². The third kappa shape index (κ3) is 6.03. The topological polar surface area (TPSA) is 54.9 Å². The number of anilines is 1. The normalized spacial score (nSPS) is 10.7. The van der Waals surface area contributed by atoms with E-state index in [1.54, 1.807) is 33.4 Å². The van der Waals surface area contributed by atoms with Gasteiger partial charge in [-0.05, 0) is 35.9 Å². The minimum absolute atomic E-state index is 0. The summed E-state index contributed by atoms with van der Waals surface area (Å²) in [7, 11) is 4.83. The summed E-state index contributed by atoms with van der Waals surface area (Å²) in [6, 6.07) is 10.0. The van der Waals surface area contributed by atoms with E-state index in [0.29, 0.717) is 24.0 Å². The van der Waals surface area contributed by atoms with Crippen LogP contribution in [0.1, 0.15) is 5.56 Å². The van der Waals surface area contributed by atoms with E-state index in [1.165, 1.54) is 12.1 Å². The quantitative estimate of drug-likeness (QED) is 0.346. The van der Waals surface area contributed by atoms with Crippen LogP contribution in [0.2, 0.25) is 0 Å². The van der Waals surface area contributed by atoms with E-state index in [0.717, 1.165) is 15.7 Å². The summed E-state index contributed by atoms with van der Waals surface area (Å²) >= 11 is 3.41. The molecule has 2 rings (SSSR count). The van der Waals surface area contributed by atoms with Gasteiger partial charge in [-0.25, -0.2) is 4.39 Å². The fourth-order valence-corrected chi connectivity index (χ4v) is 2.47. The average Bonchev–Trinajstić information content (AvgIpc) is 2.60. The molecule has 5 nitrogen and oxygen atoms in total. The number of nitrogens with zero attached hydrogens (tertiary/aromatic N) is 1. The highest BCUT2D eigenvalue weighted by Gasteiger charge is 2.07. The molecule has 0 aliphatic heterocycles. The molecule has 0 amide bonds. The average molecular weight is 524 g/mol. The Bertz CT molecular complexity index is 744. The molecule has 0 radical (unpaired) electrons. The first-order valence-electron chi connectivity index (χ1n) is 7.21. The zero-order valence-electron chi connectivity index (χ0n) is 14.1. The van der Waals surface area contributed by atoms with Gasteiger partial charge in [0.2, 0.25) is 0 Å². The first kappa shape index (κ1) is 21.5. The van der Waals surface area contributed by atoms with Crippen molar-refractivity contribution in [1.29, 1.82) is 0 Å². The molecule has 0 aliphatic rings. The molecular weight excluding hydrogens is 504 g/mol. The second-order valence-corrected chi connectivity index (χ2v) is 5.71. The number of ether oxygens (including phenoxy) is 2. The van der Waals surface area contributed by atoms with Crippen LogP contribution in [0.5, 0.6) is 11.5 Å². The Kier molecular flexibility index (Phi) is 8.98. The number of hydrogen-bond donors (Lipinski definition) is 2. The van der Waals surface area contributed by atoms with Crippen molar-refractivity contribution in [1.82, 2.24) is 5.32 Å². The van der Waals surface area contributed by atoms with Crippen LogP contribution in [0.3, 0.4) is 0 Å². The molecule has 0 unspecified atom stereocenters. The van der Waals surface area contributed by atoms with E-state index in [4.69, 9.17) is 9.47 Å². The van der Waals surface area contributed by atoms with Crippen LogP contribution < -0.4 is 20.1 Å². The second kappa shape index (κ2) is 10.4. The highest BCUT2D eigenvalue weighted by molar-refractivity contribution is 14.0. The lowest BCUT2D eigenvalue weighted by atomic mass is 10.2. The SMILES string of the molecule is CN=C(NCc1cc(F)ccc1Br)Nc1ccc(OC)c(OC)c1.I. The molecule has 2 aromatic carbocycles. The summed E-state index contributed by atoms with van der Waals surface area (Å²) in [5.74, 6) is 1.54. The molecule has 2 aromatic rings. The molecule has 25 heavy (non-hydrogen) atoms. The molecule has 0 atom stereocenters. The number of halogens is 3. The van der Waals surface area contributed by atoms with E-state index in [-0.39, 0.29) is 29.8 Å². The van der Waals surface area contributed by atoms with Crippen molar-refractivity contribution in [2.75, 3.05) is 26.6 Å². The maximum Gasteiger partial charge on any atom is 0.195 e. The van der Waals surface area contributed by atoms with E-state index in [2.05, 4.69) is 31.6 Å². The van der Waals surface area contributed by atoms with E-state index < -0.39 is 0 Å². The predicted octanol–water partition coefficient (Wildman–Crippen LogP) is 4.41. The van der Waals surface area contributed by atoms with Crippen molar-refractivity contribution in [3.8, 4) is 11.5 Å². The Balaban J connectivity index is 0.00000312. The van der Waals surface area contributed by atoms with Crippen LogP contribution in [0.15, 0.2) is 45.9 Å². The van der Waals surface area contributed by atoms with Crippen LogP contribution in [-0.2, 0) is 6.54 Å². The van der Waals surface area contributed by atoms with Crippen LogP contribution in [0, 0.1) is 5.82 Å². The molecule has 0 saturated carbocycles. The van der Waals surface area contributed by atoms with Crippen molar-refractivity contribution >= 4 is 51.6 Å². The molecule has 0 fully saturated rings. The zero-order chi connectivity index (χ0) is 17.5. The maximum atomic E-state index is 13.3. The maximum absolute atomic E-state index is 13.3. The summed E-state index contributed by atoms with van der Waals surface area (Å²) in [6.07, 6.45) is 0. The molecule has 0 bridgehead atoms. The number of guanidine groups is 1. The van der Waals surface area contributed by atoms with Crippen LogP contribution >= 0.6 is 39.9 Å². The van der Waals surface area contributed by atoms with Crippen molar-refractivity contribution in [3.63, 3.8) is 0 Å². The number of nitrogens with one attached hydrogen (secondary N) is 2. The standard InChI is InChI=1S/C17H19BrFN3O2.HI/c1-20-17(21-10-11-8-12(19)4-6-14(11)18)22-13-5-7-15(23-2)16(9-13)24-3;/h4-9H,10H2,1-3H3,(H2,20,21,22);1H. The first-order valence-corrected chi connectivity index (χ1v) is 8.00. The van der Waals surface area contributed by atoms with Crippen molar-refractivity contribution < 1.29 is 13.9 Å². The number of benzene rings is 2. The molecule has 0 heterocycles. The molecule has 0 aromatic heterocycles. The van der Waals surface area contributed by atoms with Crippen molar-refractivity contribution in [2.24, 2.45) is 4.99 Å². The van der Waals surface area contributed by atoms with Gasteiger partial charge in [-0.1, -0.05) is 15.9 Å². The summed E-state index contributed by atoms with van der Waals surface area (Å²) in [6.45, 7) is 0.422. The van der Waals surface area contributed by atoms with Gasteiger partial charge in [0, 0.05) is 29.8 Å². The number of rotatable bonds is 5. The Morgan fingerprint density at radius 2 is 1.84 bits per heavy atom. The van der Waals surface area contributed by atoms with Gasteiger partial charge in [-0.2, -0.15) is 0 Å². The van der Waals surface area contributed by atoms with Crippen LogP contribution in [0.4, 0.5) is 10.1 Å². The van der Waals surface area contributed by atoms with Crippen molar-refractivity contribution in [3.05, 3.63) is 52.3 Å². The largest absolute Gasteiger partial charge is 0.493 e. The Hall–Kier alpha value is -1.55. The zero-order valence-corrected chi connectivity index (χ0v) is 18.0. The minimum atomic E-state index is -0.280. The Morgan fingerprint density at radius 3 is 2.48 bits per heavy atom. The highest BCUT2D eigenvalue weighted by atomic mass is 127. The molecule has 0 aliphatic carbocycles. The van der Waals surface area contributed by atoms with Gasteiger partial charge < -0.3 is 20.1 Å². The molecular formula is C17H20BrFIN3O2. The lowest BCUT2D eigenvalue weighted by Gasteiger charge is -2.14. The first-order chi connectivity index (χ1) is 11.6. The van der Waals surface area contributed by atoms with Crippen LogP contribution in [0.25, 0.3) is 0 Å². The molecule has 0 spiro atoms. The molecule has 8 heteroatoms. The summed E-state index contributed by atoms with van der Waals surface area (Å²) < 4.78 is 24.7. The molecule has 0 saturated heterocycles. The number of methoxy groups -OCH3 is 2. The lowest BCUT2D eigenvalue weighted by molar-refractivity contribution is 0.355. The van der Waals surface area contributed by atoms with E-state index >= 15 is 0 Å². The number of hydrogen-bond acceptors (Lipinski definition) is 3. The predicted molar refractivity (Wildman–Crippen MR) is 113 cm³/mol. The monoisotopic (exact) mass is 523 g/mol. The van der Waals surface area contributed by atoms with Gasteiger partial charge in [-0.15, -0.1) is 24.0 Å². The van der Waals surface area contributed by atoms with Crippen molar-refractivity contribution in [2.45, 2.75) is 6.54 Å². The fraction of sp³-hybridized carbons (Fsp3) is 0.235. The Labute approximate surface area is 172 Å². The fourth-order valence-electron chi connectivity index (χ4n) is 2.09. The van der Waals surface area contributed by atoms with Gasteiger partial charge >= 0.3 is 0 Å². The van der Waals surface area contributed by atoms with Gasteiger partial charge in [0.25, 0.3) is 0 Å². The van der Waals surface area contributed by atoms with Gasteiger partial charge in [0.1, 0.15) is 5.82 Å². The minimum Gasteiger partial charge on any atom is -0.493 e. The Morgan fingerprint density at radius 1 is 1.12 bits per heavy atom. The van der Waals surface area contributed by atoms with Gasteiger partial charge in [0.15, 0.2) is 17.5 Å². The second-order valence-electron chi connectivity index (χ2n) is 4.86. The molecule has 136 valence electrons. The summed E-state index contributed by atoms with van der Waals surface area (Å²) in [5.41, 5.74) is 1.59. The number of aliphatic imine (C=N–C) groups is 1. The lowest BCUT2D eigenvalue weighted by Crippen LogP contribution is -2.30. The molecule has 2 N–H and O–H groups in total. The van der Waals surface area contributed by atoms with E-state index in [9.17, 15) is 4.39 Å². The van der Waals surface area contributed by atoms with Crippen LogP contribution in [-0.4, -0.2) is 27.2 Å². The smallest absolute Gasteiger partial charge is 0.195 e. The van der Waals surface area contributed by atoms with Gasteiger partial charge in [-0.3, -0.25) is 4.99 Å². The highest BCUT2D eigenvalue weighted by Crippen LogP contribution is 2.29. The summed E-state index contributed by atoms with van der Waals surface area (Å²) in [5, 5.41) is 6.29. The summed E-state index contributed by atoms with van der Waals surface area (Å²) in [4.78, 5) is 4.16. The third-order valence-electron chi connectivity index (χ3n) is 3.32. The third-order valence-corrected chi connectivity index (χ3v) is 4.10.